The smallest absolute Gasteiger partial charge is 0.223 e. The maximum atomic E-state index is 11.7. The minimum absolute atomic E-state index is 0.270. The summed E-state index contributed by atoms with van der Waals surface area (Å²) in [6.07, 6.45) is 3.54. The van der Waals surface area contributed by atoms with Gasteiger partial charge in [0.25, 0.3) is 0 Å². The van der Waals surface area contributed by atoms with Gasteiger partial charge in [-0.05, 0) is 37.1 Å². The first-order chi connectivity index (χ1) is 7.11. The fourth-order valence-corrected chi connectivity index (χ4v) is 2.39. The van der Waals surface area contributed by atoms with Crippen molar-refractivity contribution in [2.45, 2.75) is 33.1 Å². The molecule has 1 heterocycles. The van der Waals surface area contributed by atoms with Gasteiger partial charge < -0.3 is 10.6 Å². The molecular weight excluding hydrogens is 188 g/mol. The summed E-state index contributed by atoms with van der Waals surface area (Å²) in [5.41, 5.74) is 0.270. The van der Waals surface area contributed by atoms with Crippen molar-refractivity contribution in [1.82, 2.24) is 10.6 Å². The highest BCUT2D eigenvalue weighted by Gasteiger charge is 2.39. The van der Waals surface area contributed by atoms with E-state index in [4.69, 9.17) is 0 Å². The Balaban J connectivity index is 1.74. The van der Waals surface area contributed by atoms with Gasteiger partial charge in [0.2, 0.25) is 5.91 Å². The van der Waals surface area contributed by atoms with Crippen molar-refractivity contribution < 1.29 is 4.79 Å². The number of hydrogen-bond donors (Lipinski definition) is 2. The van der Waals surface area contributed by atoms with Crippen LogP contribution in [0.5, 0.6) is 0 Å². The lowest BCUT2D eigenvalue weighted by Crippen LogP contribution is -2.46. The Morgan fingerprint density at radius 1 is 1.60 bits per heavy atom. The monoisotopic (exact) mass is 210 g/mol. The van der Waals surface area contributed by atoms with E-state index in [0.29, 0.717) is 11.8 Å². The van der Waals surface area contributed by atoms with Crippen LogP contribution in [0.2, 0.25) is 0 Å². The Bertz CT molecular complexity index is 246. The van der Waals surface area contributed by atoms with Gasteiger partial charge in [-0.1, -0.05) is 13.8 Å². The molecule has 3 nitrogen and oxygen atoms in total. The number of rotatable bonds is 3. The molecule has 2 rings (SSSR count). The zero-order valence-electron chi connectivity index (χ0n) is 9.81. The van der Waals surface area contributed by atoms with Crippen molar-refractivity contribution in [3.05, 3.63) is 0 Å². The number of piperidine rings is 1. The van der Waals surface area contributed by atoms with Gasteiger partial charge in [0, 0.05) is 19.0 Å². The maximum absolute atomic E-state index is 11.7. The van der Waals surface area contributed by atoms with E-state index in [1.165, 1.54) is 12.8 Å². The number of carbonyl (C=O) groups excluding carboxylic acids is 1. The average molecular weight is 210 g/mol. The number of hydrogen-bond acceptors (Lipinski definition) is 2. The Kier molecular flexibility index (Phi) is 3.01. The molecule has 2 N–H and O–H groups in total. The van der Waals surface area contributed by atoms with E-state index >= 15 is 0 Å². The highest BCUT2D eigenvalue weighted by molar-refractivity contribution is 5.81. The second-order valence-electron chi connectivity index (χ2n) is 5.63. The predicted octanol–water partition coefficient (Wildman–Crippen LogP) is 1.15. The van der Waals surface area contributed by atoms with E-state index in [9.17, 15) is 4.79 Å². The molecule has 0 bridgehead atoms. The molecule has 0 aromatic carbocycles. The zero-order valence-corrected chi connectivity index (χ0v) is 9.81. The summed E-state index contributed by atoms with van der Waals surface area (Å²) in [7, 11) is 0. The van der Waals surface area contributed by atoms with E-state index in [0.717, 1.165) is 26.1 Å². The van der Waals surface area contributed by atoms with Gasteiger partial charge in [0.1, 0.15) is 0 Å². The fraction of sp³-hybridized carbons (Fsp3) is 0.917. The molecule has 3 atom stereocenters. The van der Waals surface area contributed by atoms with Crippen molar-refractivity contribution in [3.63, 3.8) is 0 Å². The van der Waals surface area contributed by atoms with Gasteiger partial charge in [0.05, 0.1) is 0 Å². The first-order valence-corrected chi connectivity index (χ1v) is 6.09. The van der Waals surface area contributed by atoms with E-state index in [1.807, 2.05) is 0 Å². The van der Waals surface area contributed by atoms with Crippen molar-refractivity contribution in [2.24, 2.45) is 17.3 Å². The van der Waals surface area contributed by atoms with Crippen molar-refractivity contribution in [1.29, 1.82) is 0 Å². The van der Waals surface area contributed by atoms with Crippen LogP contribution >= 0.6 is 0 Å². The normalized spacial score (nSPS) is 39.9. The fourth-order valence-electron chi connectivity index (χ4n) is 2.39. The lowest BCUT2D eigenvalue weighted by molar-refractivity contribution is -0.123. The Morgan fingerprint density at radius 3 is 2.87 bits per heavy atom. The first-order valence-electron chi connectivity index (χ1n) is 6.09. The molecule has 15 heavy (non-hydrogen) atoms. The third kappa shape index (κ3) is 2.71. The van der Waals surface area contributed by atoms with Crippen LogP contribution in [0.25, 0.3) is 0 Å². The molecule has 0 spiro atoms. The second kappa shape index (κ2) is 4.12. The van der Waals surface area contributed by atoms with Crippen LogP contribution in [0.1, 0.15) is 33.1 Å². The van der Waals surface area contributed by atoms with E-state index < -0.39 is 0 Å². The van der Waals surface area contributed by atoms with Gasteiger partial charge >= 0.3 is 0 Å². The molecule has 1 aliphatic carbocycles. The van der Waals surface area contributed by atoms with Gasteiger partial charge in [-0.25, -0.2) is 0 Å². The van der Waals surface area contributed by atoms with Crippen LogP contribution in [-0.4, -0.2) is 25.5 Å². The minimum Gasteiger partial charge on any atom is -0.355 e. The largest absolute Gasteiger partial charge is 0.355 e. The van der Waals surface area contributed by atoms with E-state index in [1.54, 1.807) is 0 Å². The van der Waals surface area contributed by atoms with Crippen LogP contribution in [0.3, 0.4) is 0 Å². The first kappa shape index (κ1) is 10.9. The molecule has 3 heteroatoms. The third-order valence-electron chi connectivity index (χ3n) is 3.82. The van der Waals surface area contributed by atoms with Gasteiger partial charge in [-0.15, -0.1) is 0 Å². The summed E-state index contributed by atoms with van der Waals surface area (Å²) in [6.45, 7) is 7.41. The van der Waals surface area contributed by atoms with E-state index in [-0.39, 0.29) is 11.3 Å². The molecule has 1 amide bonds. The summed E-state index contributed by atoms with van der Waals surface area (Å²) < 4.78 is 0. The predicted molar refractivity (Wildman–Crippen MR) is 60.5 cm³/mol. The standard InChI is InChI=1S/C12H22N2O/c1-9-6-10(9)11(15)14-8-12(2)4-3-5-13-7-12/h9-10,13H,3-8H2,1-2H3,(H,14,15). The van der Waals surface area contributed by atoms with Gasteiger partial charge in [-0.2, -0.15) is 0 Å². The summed E-state index contributed by atoms with van der Waals surface area (Å²) in [4.78, 5) is 11.7. The maximum Gasteiger partial charge on any atom is 0.223 e. The highest BCUT2D eigenvalue weighted by Crippen LogP contribution is 2.37. The minimum atomic E-state index is 0.270. The molecule has 1 saturated carbocycles. The molecule has 1 saturated heterocycles. The number of amides is 1. The van der Waals surface area contributed by atoms with Crippen molar-refractivity contribution in [2.75, 3.05) is 19.6 Å². The molecule has 3 unspecified atom stereocenters. The molecule has 0 aromatic heterocycles. The van der Waals surface area contributed by atoms with Crippen LogP contribution < -0.4 is 10.6 Å². The Morgan fingerprint density at radius 2 is 2.33 bits per heavy atom. The molecule has 2 aliphatic rings. The lowest BCUT2D eigenvalue weighted by atomic mass is 9.83. The molecule has 2 fully saturated rings. The zero-order chi connectivity index (χ0) is 10.9. The van der Waals surface area contributed by atoms with Crippen LogP contribution in [0.15, 0.2) is 0 Å². The number of nitrogens with one attached hydrogen (secondary N) is 2. The highest BCUT2D eigenvalue weighted by atomic mass is 16.2. The summed E-state index contributed by atoms with van der Waals surface area (Å²) in [5.74, 6) is 1.20. The molecule has 1 aliphatic heterocycles. The van der Waals surface area contributed by atoms with Crippen molar-refractivity contribution >= 4 is 5.91 Å². The van der Waals surface area contributed by atoms with Gasteiger partial charge in [-0.3, -0.25) is 4.79 Å². The lowest BCUT2D eigenvalue weighted by Gasteiger charge is -2.34. The van der Waals surface area contributed by atoms with E-state index in [2.05, 4.69) is 24.5 Å². The van der Waals surface area contributed by atoms with Crippen LogP contribution in [0, 0.1) is 17.3 Å². The van der Waals surface area contributed by atoms with Crippen LogP contribution in [0.4, 0.5) is 0 Å². The summed E-state index contributed by atoms with van der Waals surface area (Å²) in [6, 6.07) is 0. The Hall–Kier alpha value is -0.570. The van der Waals surface area contributed by atoms with Crippen LogP contribution in [-0.2, 0) is 4.79 Å². The molecular formula is C12H22N2O. The average Bonchev–Trinajstić information content (AvgIpc) is 2.93. The Labute approximate surface area is 92.0 Å². The summed E-state index contributed by atoms with van der Waals surface area (Å²) in [5, 5.41) is 6.51. The summed E-state index contributed by atoms with van der Waals surface area (Å²) >= 11 is 0. The topological polar surface area (TPSA) is 41.1 Å². The van der Waals surface area contributed by atoms with Gasteiger partial charge in [0.15, 0.2) is 0 Å². The quantitative estimate of drug-likeness (QED) is 0.733. The second-order valence-corrected chi connectivity index (χ2v) is 5.63. The number of carbonyl (C=O) groups is 1. The van der Waals surface area contributed by atoms with Crippen molar-refractivity contribution in [3.8, 4) is 0 Å². The molecule has 0 aromatic rings. The SMILES string of the molecule is CC1CC1C(=O)NCC1(C)CCCNC1. The molecule has 0 radical (unpaired) electrons. The molecule has 86 valence electrons. The third-order valence-corrected chi connectivity index (χ3v) is 3.82.